The second-order valence-electron chi connectivity index (χ2n) is 8.11. The van der Waals surface area contributed by atoms with Crippen molar-refractivity contribution in [3.05, 3.63) is 83.2 Å². The van der Waals surface area contributed by atoms with Gasteiger partial charge in [0.2, 0.25) is 5.91 Å². The first-order valence-electron chi connectivity index (χ1n) is 10.9. The number of anilines is 3. The smallest absolute Gasteiger partial charge is 0.227 e. The van der Waals surface area contributed by atoms with Crippen LogP contribution in [-0.4, -0.2) is 32.2 Å². The lowest BCUT2D eigenvalue weighted by Crippen LogP contribution is -2.29. The molecule has 0 unspecified atom stereocenters. The van der Waals surface area contributed by atoms with Gasteiger partial charge in [0, 0.05) is 38.5 Å². The van der Waals surface area contributed by atoms with Gasteiger partial charge in [-0.3, -0.25) is 9.48 Å². The first kappa shape index (κ1) is 22.0. The van der Waals surface area contributed by atoms with Crippen LogP contribution in [0.3, 0.4) is 0 Å². The Morgan fingerprint density at radius 3 is 2.79 bits per heavy atom. The van der Waals surface area contributed by atoms with Crippen LogP contribution in [0.5, 0.6) is 0 Å². The summed E-state index contributed by atoms with van der Waals surface area (Å²) < 4.78 is 17.0. The van der Waals surface area contributed by atoms with Crippen LogP contribution in [0.25, 0.3) is 11.1 Å². The average molecular weight is 477 g/mol. The van der Waals surface area contributed by atoms with Crippen molar-refractivity contribution < 1.29 is 9.18 Å². The van der Waals surface area contributed by atoms with E-state index in [0.29, 0.717) is 36.0 Å². The lowest BCUT2D eigenvalue weighted by atomic mass is 10.0. The molecule has 1 N–H and O–H groups in total. The Kier molecular flexibility index (Phi) is 5.98. The minimum atomic E-state index is -0.407. The highest BCUT2D eigenvalue weighted by Gasteiger charge is 2.28. The van der Waals surface area contributed by atoms with Gasteiger partial charge in [0.15, 0.2) is 0 Å². The summed E-state index contributed by atoms with van der Waals surface area (Å²) in [6.07, 6.45) is 6.28. The van der Waals surface area contributed by atoms with Crippen molar-refractivity contribution in [3.63, 3.8) is 0 Å². The predicted octanol–water partition coefficient (Wildman–Crippen LogP) is 4.94. The van der Waals surface area contributed by atoms with E-state index >= 15 is 4.39 Å². The van der Waals surface area contributed by atoms with E-state index in [4.69, 9.17) is 11.6 Å². The lowest BCUT2D eigenvalue weighted by molar-refractivity contribution is -0.118. The van der Waals surface area contributed by atoms with Crippen molar-refractivity contribution in [2.75, 3.05) is 16.8 Å². The van der Waals surface area contributed by atoms with E-state index in [9.17, 15) is 4.79 Å². The third-order valence-corrected chi connectivity index (χ3v) is 6.27. The number of carbonyl (C=O) groups excluding carboxylic acids is 1. The number of carbonyl (C=O) groups is 1. The summed E-state index contributed by atoms with van der Waals surface area (Å²) >= 11 is 6.10. The highest BCUT2D eigenvalue weighted by Crippen LogP contribution is 2.36. The molecule has 4 heterocycles. The van der Waals surface area contributed by atoms with Crippen LogP contribution in [0.4, 0.5) is 21.7 Å². The molecule has 7 nitrogen and oxygen atoms in total. The fourth-order valence-electron chi connectivity index (χ4n) is 4.20. The maximum atomic E-state index is 15.3. The molecule has 0 saturated heterocycles. The lowest BCUT2D eigenvalue weighted by Gasteiger charge is -2.19. The van der Waals surface area contributed by atoms with Crippen molar-refractivity contribution in [2.24, 2.45) is 7.05 Å². The molecule has 172 valence electrons. The number of nitrogens with zero attached hydrogens (tertiary/aromatic N) is 5. The highest BCUT2D eigenvalue weighted by molar-refractivity contribution is 6.30. The molecule has 0 fully saturated rings. The van der Waals surface area contributed by atoms with Crippen LogP contribution in [0.1, 0.15) is 17.5 Å². The third-order valence-electron chi connectivity index (χ3n) is 5.93. The van der Waals surface area contributed by atoms with E-state index in [1.807, 2.05) is 37.4 Å². The first-order valence-corrected chi connectivity index (χ1v) is 11.3. The van der Waals surface area contributed by atoms with Crippen LogP contribution < -0.4 is 10.2 Å². The molecule has 4 aromatic rings. The number of aryl methyl sites for hydroxylation is 2. The molecule has 0 radical (unpaired) electrons. The van der Waals surface area contributed by atoms with Crippen molar-refractivity contribution in [1.29, 1.82) is 0 Å². The van der Waals surface area contributed by atoms with E-state index in [1.165, 1.54) is 6.07 Å². The van der Waals surface area contributed by atoms with Gasteiger partial charge in [0.25, 0.3) is 0 Å². The number of amides is 1. The molecule has 0 bridgehead atoms. The second kappa shape index (κ2) is 9.23. The van der Waals surface area contributed by atoms with Gasteiger partial charge < -0.3 is 10.2 Å². The van der Waals surface area contributed by atoms with Gasteiger partial charge in [-0.05, 0) is 65.4 Å². The number of benzene rings is 1. The fraction of sp³-hybridized carbons (Fsp3) is 0.200. The Hall–Kier alpha value is -3.78. The summed E-state index contributed by atoms with van der Waals surface area (Å²) in [5, 5.41) is 7.74. The van der Waals surface area contributed by atoms with Gasteiger partial charge in [-0.1, -0.05) is 17.7 Å². The molecule has 5 rings (SSSR count). The van der Waals surface area contributed by atoms with Crippen molar-refractivity contribution in [1.82, 2.24) is 19.7 Å². The number of hydrogen-bond donors (Lipinski definition) is 1. The molecule has 1 aromatic carbocycles. The second-order valence-corrected chi connectivity index (χ2v) is 8.47. The number of aromatic nitrogens is 4. The van der Waals surface area contributed by atoms with E-state index in [-0.39, 0.29) is 12.3 Å². The van der Waals surface area contributed by atoms with Crippen LogP contribution in [0.15, 0.2) is 61.1 Å². The van der Waals surface area contributed by atoms with Crippen LogP contribution in [0.2, 0.25) is 5.15 Å². The third kappa shape index (κ3) is 4.36. The number of rotatable bonds is 6. The minimum Gasteiger partial charge on any atom is -0.325 e. The van der Waals surface area contributed by atoms with Gasteiger partial charge in [-0.2, -0.15) is 5.10 Å². The summed E-state index contributed by atoms with van der Waals surface area (Å²) in [5.41, 5.74) is 3.57. The largest absolute Gasteiger partial charge is 0.325 e. The zero-order valence-corrected chi connectivity index (χ0v) is 19.3. The maximum Gasteiger partial charge on any atom is 0.227 e. The number of halogens is 2. The molecule has 0 saturated carbocycles. The van der Waals surface area contributed by atoms with Crippen LogP contribution >= 0.6 is 11.6 Å². The zero-order valence-electron chi connectivity index (χ0n) is 18.5. The summed E-state index contributed by atoms with van der Waals surface area (Å²) in [6, 6.07) is 12.6. The molecule has 9 heteroatoms. The molecular weight excluding hydrogens is 455 g/mol. The summed E-state index contributed by atoms with van der Waals surface area (Å²) in [5.74, 6) is 0.895. The van der Waals surface area contributed by atoms with Crippen LogP contribution in [0, 0.1) is 5.82 Å². The minimum absolute atomic E-state index is 0.128. The molecule has 1 aliphatic rings. The molecule has 34 heavy (non-hydrogen) atoms. The summed E-state index contributed by atoms with van der Waals surface area (Å²) in [7, 11) is 1.83. The Morgan fingerprint density at radius 1 is 1.12 bits per heavy atom. The fourth-order valence-corrected chi connectivity index (χ4v) is 4.41. The molecule has 0 atom stereocenters. The first-order chi connectivity index (χ1) is 16.5. The van der Waals surface area contributed by atoms with Gasteiger partial charge >= 0.3 is 0 Å². The molecule has 1 amide bonds. The highest BCUT2D eigenvalue weighted by atomic mass is 35.5. The Labute approximate surface area is 201 Å². The zero-order chi connectivity index (χ0) is 23.7. The van der Waals surface area contributed by atoms with Gasteiger partial charge in [-0.15, -0.1) is 0 Å². The van der Waals surface area contributed by atoms with E-state index in [1.54, 1.807) is 34.2 Å². The number of fused-ring (bicyclic) bond motifs is 1. The number of nitrogens with one attached hydrogen (secondary N) is 1. The van der Waals surface area contributed by atoms with Crippen LogP contribution in [-0.2, 0) is 24.7 Å². The van der Waals surface area contributed by atoms with Crippen molar-refractivity contribution in [2.45, 2.75) is 19.3 Å². The Balaban J connectivity index is 1.35. The molecule has 0 spiro atoms. The van der Waals surface area contributed by atoms with E-state index in [0.717, 1.165) is 28.1 Å². The maximum absolute atomic E-state index is 15.3. The topological polar surface area (TPSA) is 75.9 Å². The Morgan fingerprint density at radius 2 is 2.00 bits per heavy atom. The SMILES string of the molecule is Cn1nccc1Nc1cc(-c2cc(F)c3c(c2)CCN3C(=O)CCc2cccnc2Cl)ccn1. The predicted molar refractivity (Wildman–Crippen MR) is 130 cm³/mol. The number of pyridine rings is 2. The van der Waals surface area contributed by atoms with Gasteiger partial charge in [0.05, 0.1) is 11.9 Å². The van der Waals surface area contributed by atoms with Crippen molar-refractivity contribution in [3.8, 4) is 11.1 Å². The summed E-state index contributed by atoms with van der Waals surface area (Å²) in [4.78, 5) is 22.8. The quantitative estimate of drug-likeness (QED) is 0.399. The molecule has 1 aliphatic heterocycles. The summed E-state index contributed by atoms with van der Waals surface area (Å²) in [6.45, 7) is 0.457. The molecular formula is C25H22ClFN6O. The molecule has 0 aliphatic carbocycles. The monoisotopic (exact) mass is 476 g/mol. The number of hydrogen-bond acceptors (Lipinski definition) is 5. The van der Waals surface area contributed by atoms with Gasteiger partial charge in [0.1, 0.15) is 22.6 Å². The van der Waals surface area contributed by atoms with E-state index in [2.05, 4.69) is 20.4 Å². The van der Waals surface area contributed by atoms with Gasteiger partial charge in [-0.25, -0.2) is 14.4 Å². The normalized spacial score (nSPS) is 12.6. The molecule has 3 aromatic heterocycles. The standard InChI is InChI=1S/C25H22ClFN6O/c1-32-22(7-11-30-32)31-21-15-17(6-10-28-21)19-13-18-8-12-33(24(18)20(27)14-19)23(34)5-4-16-3-2-9-29-25(16)26/h2-3,6-7,9-11,13-15H,4-5,8,12H2,1H3,(H,28,31). The Bertz CT molecular complexity index is 1370. The van der Waals surface area contributed by atoms with E-state index < -0.39 is 5.82 Å². The average Bonchev–Trinajstić information content (AvgIpc) is 3.45. The van der Waals surface area contributed by atoms with Crippen molar-refractivity contribution >= 4 is 34.8 Å².